The molecule has 0 heterocycles. The first kappa shape index (κ1) is 17.7. The molecule has 6 heteroatoms. The van der Waals surface area contributed by atoms with Crippen LogP contribution in [0.4, 0.5) is 4.79 Å². The molecule has 0 aliphatic carbocycles. The van der Waals surface area contributed by atoms with Gasteiger partial charge in [-0.05, 0) is 26.9 Å². The smallest absolute Gasteiger partial charge is 0.326 e. The van der Waals surface area contributed by atoms with E-state index in [1.165, 1.54) is 4.90 Å². The Hall–Kier alpha value is -1.30. The third-order valence-electron chi connectivity index (χ3n) is 3.02. The van der Waals surface area contributed by atoms with E-state index in [1.54, 1.807) is 18.9 Å². The Balaban J connectivity index is 4.72. The average Bonchev–Trinajstić information content (AvgIpc) is 2.33. The fraction of sp³-hybridized carbons (Fsp3) is 0.846. The molecule has 0 aliphatic heterocycles. The van der Waals surface area contributed by atoms with Crippen molar-refractivity contribution in [3.63, 3.8) is 0 Å². The first-order chi connectivity index (χ1) is 8.84. The van der Waals surface area contributed by atoms with Gasteiger partial charge in [0.15, 0.2) is 0 Å². The van der Waals surface area contributed by atoms with Crippen molar-refractivity contribution >= 4 is 12.0 Å². The molecule has 0 saturated carbocycles. The zero-order chi connectivity index (χ0) is 15.0. The van der Waals surface area contributed by atoms with Gasteiger partial charge in [0.2, 0.25) is 0 Å². The van der Waals surface area contributed by atoms with Gasteiger partial charge in [0.1, 0.15) is 6.04 Å². The predicted octanol–water partition coefficient (Wildman–Crippen LogP) is 1.18. The lowest BCUT2D eigenvalue weighted by atomic mass is 10.2. The van der Waals surface area contributed by atoms with Gasteiger partial charge in [-0.15, -0.1) is 0 Å². The highest BCUT2D eigenvalue weighted by atomic mass is 16.4. The topological polar surface area (TPSA) is 64.1 Å². The molecule has 0 fully saturated rings. The van der Waals surface area contributed by atoms with E-state index in [0.717, 1.165) is 13.0 Å². The molecular weight excluding hydrogens is 246 g/mol. The fourth-order valence-corrected chi connectivity index (χ4v) is 1.86. The number of amides is 2. The first-order valence-electron chi connectivity index (χ1n) is 6.74. The number of rotatable bonds is 8. The molecule has 19 heavy (non-hydrogen) atoms. The number of carbonyl (C=O) groups is 2. The Morgan fingerprint density at radius 3 is 2.00 bits per heavy atom. The van der Waals surface area contributed by atoms with Crippen molar-refractivity contribution < 1.29 is 14.7 Å². The summed E-state index contributed by atoms with van der Waals surface area (Å²) in [4.78, 5) is 28.5. The van der Waals surface area contributed by atoms with Crippen LogP contribution in [-0.4, -0.2) is 78.6 Å². The quantitative estimate of drug-likeness (QED) is 0.721. The summed E-state index contributed by atoms with van der Waals surface area (Å²) >= 11 is 0. The van der Waals surface area contributed by atoms with E-state index in [0.29, 0.717) is 19.5 Å². The molecule has 0 spiro atoms. The molecule has 0 aromatic rings. The van der Waals surface area contributed by atoms with E-state index in [2.05, 4.69) is 0 Å². The minimum absolute atomic E-state index is 0.210. The van der Waals surface area contributed by atoms with Crippen molar-refractivity contribution in [2.75, 3.05) is 40.8 Å². The minimum atomic E-state index is -0.956. The van der Waals surface area contributed by atoms with Crippen LogP contribution in [-0.2, 0) is 4.79 Å². The zero-order valence-corrected chi connectivity index (χ0v) is 12.7. The van der Waals surface area contributed by atoms with Crippen LogP contribution in [0.25, 0.3) is 0 Å². The summed E-state index contributed by atoms with van der Waals surface area (Å²) in [7, 11) is 5.46. The van der Waals surface area contributed by atoms with Crippen LogP contribution in [0.2, 0.25) is 0 Å². The normalized spacial score (nSPS) is 12.3. The number of hydrogen-bond acceptors (Lipinski definition) is 3. The highest BCUT2D eigenvalue weighted by Gasteiger charge is 2.27. The van der Waals surface area contributed by atoms with Crippen molar-refractivity contribution in [2.45, 2.75) is 32.7 Å². The van der Waals surface area contributed by atoms with Crippen molar-refractivity contribution in [2.24, 2.45) is 0 Å². The minimum Gasteiger partial charge on any atom is -0.480 e. The maximum Gasteiger partial charge on any atom is 0.326 e. The van der Waals surface area contributed by atoms with Gasteiger partial charge in [-0.2, -0.15) is 0 Å². The lowest BCUT2D eigenvalue weighted by Crippen LogP contribution is -2.50. The Labute approximate surface area is 116 Å². The number of aliphatic carboxylic acids is 1. The van der Waals surface area contributed by atoms with E-state index in [9.17, 15) is 9.59 Å². The number of carboxylic acids is 1. The molecule has 0 rings (SSSR count). The molecule has 112 valence electrons. The van der Waals surface area contributed by atoms with Crippen molar-refractivity contribution in [3.8, 4) is 0 Å². The van der Waals surface area contributed by atoms with Gasteiger partial charge < -0.3 is 19.8 Å². The summed E-state index contributed by atoms with van der Waals surface area (Å²) in [6.45, 7) is 5.80. The van der Waals surface area contributed by atoms with Crippen molar-refractivity contribution in [3.05, 3.63) is 0 Å². The second-order valence-corrected chi connectivity index (χ2v) is 4.95. The second kappa shape index (κ2) is 8.74. The number of hydrogen-bond donors (Lipinski definition) is 1. The van der Waals surface area contributed by atoms with Crippen LogP contribution >= 0.6 is 0 Å². The number of nitrogens with zero attached hydrogens (tertiary/aromatic N) is 3. The van der Waals surface area contributed by atoms with Gasteiger partial charge in [0.05, 0.1) is 0 Å². The van der Waals surface area contributed by atoms with Crippen LogP contribution in [0.5, 0.6) is 0 Å². The summed E-state index contributed by atoms with van der Waals surface area (Å²) in [5.41, 5.74) is 0. The van der Waals surface area contributed by atoms with Gasteiger partial charge in [-0.25, -0.2) is 9.59 Å². The van der Waals surface area contributed by atoms with Gasteiger partial charge >= 0.3 is 12.0 Å². The van der Waals surface area contributed by atoms with E-state index >= 15 is 0 Å². The maximum absolute atomic E-state index is 12.3. The third-order valence-corrected chi connectivity index (χ3v) is 3.02. The van der Waals surface area contributed by atoms with Gasteiger partial charge in [0.25, 0.3) is 0 Å². The molecule has 0 aromatic carbocycles. The van der Waals surface area contributed by atoms with Gasteiger partial charge in [0, 0.05) is 26.7 Å². The Bertz CT molecular complexity index is 295. The Kier molecular flexibility index (Phi) is 8.14. The molecule has 1 atom stereocenters. The summed E-state index contributed by atoms with van der Waals surface area (Å²) in [5.74, 6) is -0.956. The average molecular weight is 273 g/mol. The van der Waals surface area contributed by atoms with Crippen LogP contribution < -0.4 is 0 Å². The molecule has 1 unspecified atom stereocenters. The first-order valence-corrected chi connectivity index (χ1v) is 6.74. The summed E-state index contributed by atoms with van der Waals surface area (Å²) in [6, 6.07) is -0.968. The van der Waals surface area contributed by atoms with Crippen molar-refractivity contribution in [1.29, 1.82) is 0 Å². The predicted molar refractivity (Wildman–Crippen MR) is 75.3 cm³/mol. The zero-order valence-electron chi connectivity index (χ0n) is 12.7. The van der Waals surface area contributed by atoms with Crippen LogP contribution in [0.1, 0.15) is 26.7 Å². The summed E-state index contributed by atoms with van der Waals surface area (Å²) < 4.78 is 0. The summed E-state index contributed by atoms with van der Waals surface area (Å²) in [5, 5.41) is 9.10. The molecular formula is C13H27N3O3. The Morgan fingerprint density at radius 2 is 1.63 bits per heavy atom. The molecule has 0 aliphatic rings. The van der Waals surface area contributed by atoms with Gasteiger partial charge in [-0.3, -0.25) is 0 Å². The van der Waals surface area contributed by atoms with Crippen LogP contribution in [0, 0.1) is 0 Å². The summed E-state index contributed by atoms with van der Waals surface area (Å²) in [6.07, 6.45) is 1.27. The standard InChI is InChI=1S/C13H27N3O3/c1-6-8-16(10-9-14(3)4)13(19)15(5)11(7-2)12(17)18/h11H,6-10H2,1-5H3,(H,17,18). The molecule has 2 amide bonds. The number of carbonyl (C=O) groups excluding carboxylic acids is 1. The second-order valence-electron chi connectivity index (χ2n) is 4.95. The highest BCUT2D eigenvalue weighted by molar-refractivity contribution is 5.82. The number of carboxylic acid groups (broad SMARTS) is 1. The molecule has 0 bridgehead atoms. The van der Waals surface area contributed by atoms with Crippen LogP contribution in [0.15, 0.2) is 0 Å². The molecule has 1 N–H and O–H groups in total. The largest absolute Gasteiger partial charge is 0.480 e. The monoisotopic (exact) mass is 273 g/mol. The van der Waals surface area contributed by atoms with Crippen LogP contribution in [0.3, 0.4) is 0 Å². The fourth-order valence-electron chi connectivity index (χ4n) is 1.86. The van der Waals surface area contributed by atoms with E-state index in [4.69, 9.17) is 5.11 Å². The third kappa shape index (κ3) is 5.92. The molecule has 0 aromatic heterocycles. The van der Waals surface area contributed by atoms with Gasteiger partial charge in [-0.1, -0.05) is 13.8 Å². The highest BCUT2D eigenvalue weighted by Crippen LogP contribution is 2.07. The molecule has 6 nitrogen and oxygen atoms in total. The number of likely N-dealkylation sites (N-methyl/N-ethyl adjacent to an activating group) is 2. The van der Waals surface area contributed by atoms with E-state index < -0.39 is 12.0 Å². The Morgan fingerprint density at radius 1 is 1.05 bits per heavy atom. The molecule has 0 saturated heterocycles. The SMILES string of the molecule is CCCN(CCN(C)C)C(=O)N(C)C(CC)C(=O)O. The van der Waals surface area contributed by atoms with E-state index in [1.807, 2.05) is 25.9 Å². The van der Waals surface area contributed by atoms with E-state index in [-0.39, 0.29) is 6.03 Å². The lowest BCUT2D eigenvalue weighted by molar-refractivity contribution is -0.142. The lowest BCUT2D eigenvalue weighted by Gasteiger charge is -2.31. The van der Waals surface area contributed by atoms with Crippen molar-refractivity contribution in [1.82, 2.24) is 14.7 Å². The number of urea groups is 1. The maximum atomic E-state index is 12.3. The molecule has 0 radical (unpaired) electrons.